The minimum absolute atomic E-state index is 0.0777. The fraction of sp³-hybridized carbons (Fsp3) is 0.647. The second kappa shape index (κ2) is 8.98. The van der Waals surface area contributed by atoms with Crippen molar-refractivity contribution in [3.8, 4) is 0 Å². The average molecular weight is 278 g/mol. The molecule has 0 amide bonds. The molecule has 20 heavy (non-hydrogen) atoms. The van der Waals surface area contributed by atoms with Gasteiger partial charge in [0.25, 0.3) is 0 Å². The van der Waals surface area contributed by atoms with Crippen molar-refractivity contribution >= 4 is 5.69 Å². The normalized spacial score (nSPS) is 17.0. The molecule has 2 rings (SSSR count). The molecular weight excluding hydrogens is 248 g/mol. The summed E-state index contributed by atoms with van der Waals surface area (Å²) in [7, 11) is 4.01. The molecule has 0 atom stereocenters. The maximum atomic E-state index is 5.80. The van der Waals surface area contributed by atoms with Crippen molar-refractivity contribution < 1.29 is 4.74 Å². The molecule has 1 aliphatic heterocycles. The summed E-state index contributed by atoms with van der Waals surface area (Å²) in [6.45, 7) is 7.18. The van der Waals surface area contributed by atoms with E-state index < -0.39 is 0 Å². The van der Waals surface area contributed by atoms with Crippen LogP contribution in [0.15, 0.2) is 30.3 Å². The fourth-order valence-electron chi connectivity index (χ4n) is 2.62. The van der Waals surface area contributed by atoms with Crippen molar-refractivity contribution in [2.24, 2.45) is 0 Å². The number of hydrogen-bond donors (Lipinski definition) is 1. The summed E-state index contributed by atoms with van der Waals surface area (Å²) in [6, 6.07) is 10.5. The van der Waals surface area contributed by atoms with E-state index in [0.717, 1.165) is 38.9 Å². The average Bonchev–Trinajstić information content (AvgIpc) is 2.56. The Hall–Kier alpha value is -1.06. The lowest BCUT2D eigenvalue weighted by molar-refractivity contribution is -0.0384. The molecule has 0 aromatic heterocycles. The second-order valence-electron chi connectivity index (χ2n) is 5.14. The number of methoxy groups -OCH3 is 1. The van der Waals surface area contributed by atoms with Gasteiger partial charge in [-0.25, -0.2) is 0 Å². The maximum Gasteiger partial charge on any atom is 0.0719 e. The quantitative estimate of drug-likeness (QED) is 0.894. The van der Waals surface area contributed by atoms with Gasteiger partial charge in [-0.05, 0) is 44.5 Å². The zero-order chi connectivity index (χ0) is 14.8. The SMILES string of the molecule is CC.COC1(CCN(C)c2ccccc2)CCNCC1. The van der Waals surface area contributed by atoms with Gasteiger partial charge < -0.3 is 15.0 Å². The Morgan fingerprint density at radius 3 is 2.30 bits per heavy atom. The molecule has 1 saturated heterocycles. The third-order valence-corrected chi connectivity index (χ3v) is 4.05. The number of ether oxygens (including phenoxy) is 1. The van der Waals surface area contributed by atoms with E-state index in [1.54, 1.807) is 0 Å². The summed E-state index contributed by atoms with van der Waals surface area (Å²) in [5.41, 5.74) is 1.35. The first-order chi connectivity index (χ1) is 9.76. The molecule has 114 valence electrons. The Balaban J connectivity index is 0.000000956. The van der Waals surface area contributed by atoms with Gasteiger partial charge in [-0.3, -0.25) is 0 Å². The molecule has 1 N–H and O–H groups in total. The summed E-state index contributed by atoms with van der Waals surface area (Å²) >= 11 is 0. The van der Waals surface area contributed by atoms with Crippen molar-refractivity contribution in [2.45, 2.75) is 38.7 Å². The smallest absolute Gasteiger partial charge is 0.0719 e. The van der Waals surface area contributed by atoms with E-state index in [2.05, 4.69) is 47.6 Å². The van der Waals surface area contributed by atoms with Crippen LogP contribution in [0.3, 0.4) is 0 Å². The summed E-state index contributed by atoms with van der Waals surface area (Å²) in [4.78, 5) is 2.31. The molecule has 0 spiro atoms. The highest BCUT2D eigenvalue weighted by Crippen LogP contribution is 2.27. The van der Waals surface area contributed by atoms with Crippen LogP contribution in [0.5, 0.6) is 0 Å². The van der Waals surface area contributed by atoms with E-state index >= 15 is 0 Å². The Kier molecular flexibility index (Phi) is 7.63. The molecule has 1 aliphatic rings. The number of piperidine rings is 1. The number of benzene rings is 1. The summed E-state index contributed by atoms with van der Waals surface area (Å²) in [6.07, 6.45) is 3.33. The van der Waals surface area contributed by atoms with Crippen LogP contribution in [0.25, 0.3) is 0 Å². The van der Waals surface area contributed by atoms with E-state index in [1.807, 2.05) is 21.0 Å². The minimum Gasteiger partial charge on any atom is -0.378 e. The van der Waals surface area contributed by atoms with Crippen LogP contribution < -0.4 is 10.2 Å². The van der Waals surface area contributed by atoms with Crippen LogP contribution in [0.4, 0.5) is 5.69 Å². The van der Waals surface area contributed by atoms with Crippen molar-refractivity contribution in [2.75, 3.05) is 38.7 Å². The first-order valence-electron chi connectivity index (χ1n) is 7.78. The third-order valence-electron chi connectivity index (χ3n) is 4.05. The van der Waals surface area contributed by atoms with Gasteiger partial charge in [0.15, 0.2) is 0 Å². The zero-order valence-electron chi connectivity index (χ0n) is 13.5. The monoisotopic (exact) mass is 278 g/mol. The van der Waals surface area contributed by atoms with Gasteiger partial charge in [0.1, 0.15) is 0 Å². The van der Waals surface area contributed by atoms with Crippen molar-refractivity contribution in [3.63, 3.8) is 0 Å². The van der Waals surface area contributed by atoms with Crippen LogP contribution in [0.2, 0.25) is 0 Å². The highest BCUT2D eigenvalue weighted by molar-refractivity contribution is 5.44. The molecule has 0 bridgehead atoms. The van der Waals surface area contributed by atoms with Gasteiger partial charge in [-0.2, -0.15) is 0 Å². The highest BCUT2D eigenvalue weighted by Gasteiger charge is 2.31. The Labute approximate surface area is 124 Å². The van der Waals surface area contributed by atoms with E-state index in [9.17, 15) is 0 Å². The molecule has 0 aliphatic carbocycles. The lowest BCUT2D eigenvalue weighted by Crippen LogP contribution is -2.45. The molecule has 1 aromatic carbocycles. The first-order valence-corrected chi connectivity index (χ1v) is 7.78. The van der Waals surface area contributed by atoms with Gasteiger partial charge in [-0.1, -0.05) is 32.0 Å². The lowest BCUT2D eigenvalue weighted by atomic mass is 9.88. The second-order valence-corrected chi connectivity index (χ2v) is 5.14. The summed E-state index contributed by atoms with van der Waals surface area (Å²) in [5, 5.41) is 3.40. The van der Waals surface area contributed by atoms with Crippen molar-refractivity contribution in [3.05, 3.63) is 30.3 Å². The van der Waals surface area contributed by atoms with E-state index in [-0.39, 0.29) is 5.60 Å². The third kappa shape index (κ3) is 4.80. The van der Waals surface area contributed by atoms with Gasteiger partial charge in [0, 0.05) is 26.4 Å². The first kappa shape index (κ1) is 17.0. The highest BCUT2D eigenvalue weighted by atomic mass is 16.5. The van der Waals surface area contributed by atoms with Gasteiger partial charge in [0.05, 0.1) is 5.60 Å². The molecule has 0 unspecified atom stereocenters. The molecule has 0 radical (unpaired) electrons. The van der Waals surface area contributed by atoms with Crippen LogP contribution in [-0.2, 0) is 4.74 Å². The predicted octanol–water partition coefficient (Wildman–Crippen LogP) is 3.31. The predicted molar refractivity (Wildman–Crippen MR) is 87.5 cm³/mol. The maximum absolute atomic E-state index is 5.80. The molecule has 1 aromatic rings. The number of nitrogens with one attached hydrogen (secondary N) is 1. The van der Waals surface area contributed by atoms with Gasteiger partial charge in [0.2, 0.25) is 0 Å². The topological polar surface area (TPSA) is 24.5 Å². The molecule has 1 fully saturated rings. The largest absolute Gasteiger partial charge is 0.378 e. The van der Waals surface area contributed by atoms with Gasteiger partial charge in [-0.15, -0.1) is 0 Å². The zero-order valence-corrected chi connectivity index (χ0v) is 13.5. The van der Waals surface area contributed by atoms with Crippen LogP contribution in [0, 0.1) is 0 Å². The van der Waals surface area contributed by atoms with E-state index in [0.29, 0.717) is 0 Å². The molecule has 3 heteroatoms. The lowest BCUT2D eigenvalue weighted by Gasteiger charge is -2.37. The summed E-state index contributed by atoms with van der Waals surface area (Å²) < 4.78 is 5.80. The van der Waals surface area contributed by atoms with Crippen LogP contribution >= 0.6 is 0 Å². The minimum atomic E-state index is 0.0777. The number of nitrogens with zero attached hydrogens (tertiary/aromatic N) is 1. The molecule has 3 nitrogen and oxygen atoms in total. The van der Waals surface area contributed by atoms with E-state index in [4.69, 9.17) is 4.74 Å². The Bertz CT molecular complexity index is 347. The number of hydrogen-bond acceptors (Lipinski definition) is 3. The van der Waals surface area contributed by atoms with Crippen molar-refractivity contribution in [1.82, 2.24) is 5.32 Å². The van der Waals surface area contributed by atoms with Crippen molar-refractivity contribution in [1.29, 1.82) is 0 Å². The Morgan fingerprint density at radius 1 is 1.15 bits per heavy atom. The summed E-state index contributed by atoms with van der Waals surface area (Å²) in [5.74, 6) is 0. The number of anilines is 1. The number of rotatable bonds is 5. The Morgan fingerprint density at radius 2 is 1.75 bits per heavy atom. The molecule has 0 saturated carbocycles. The van der Waals surface area contributed by atoms with Gasteiger partial charge >= 0.3 is 0 Å². The standard InChI is InChI=1S/C15H24N2O.C2H6/c1-17(14-6-4-3-5-7-14)13-10-15(18-2)8-11-16-12-9-15;1-2/h3-7,16H,8-13H2,1-2H3;1-2H3. The number of para-hydroxylation sites is 1. The molecular formula is C17H30N2O. The van der Waals surface area contributed by atoms with E-state index in [1.165, 1.54) is 5.69 Å². The molecule has 1 heterocycles. The fourth-order valence-corrected chi connectivity index (χ4v) is 2.62. The van der Waals surface area contributed by atoms with Crippen LogP contribution in [-0.4, -0.2) is 39.4 Å². The van der Waals surface area contributed by atoms with Crippen LogP contribution in [0.1, 0.15) is 33.1 Å².